The van der Waals surface area contributed by atoms with Crippen LogP contribution in [-0.4, -0.2) is 64.1 Å². The van der Waals surface area contributed by atoms with Gasteiger partial charge in [0.1, 0.15) is 11.1 Å². The van der Waals surface area contributed by atoms with E-state index < -0.39 is 21.7 Å². The Balaban J connectivity index is 1.48. The van der Waals surface area contributed by atoms with Crippen LogP contribution in [0, 0.1) is 5.92 Å². The monoisotopic (exact) mass is 633 g/mol. The van der Waals surface area contributed by atoms with E-state index >= 15 is 0 Å². The molecule has 11 nitrogen and oxygen atoms in total. The molecule has 6 rings (SSSR count). The van der Waals surface area contributed by atoms with Crippen molar-refractivity contribution >= 4 is 33.0 Å². The van der Waals surface area contributed by atoms with E-state index in [9.17, 15) is 13.2 Å². The van der Waals surface area contributed by atoms with Gasteiger partial charge >= 0.3 is 6.09 Å². The molecule has 12 heteroatoms. The number of aromatic nitrogens is 5. The second-order valence-electron chi connectivity index (χ2n) is 13.6. The quantitative estimate of drug-likeness (QED) is 0.259. The topological polar surface area (TPSA) is 124 Å². The lowest BCUT2D eigenvalue weighted by Crippen LogP contribution is -2.27. The van der Waals surface area contributed by atoms with Crippen molar-refractivity contribution < 1.29 is 17.9 Å². The van der Waals surface area contributed by atoms with Gasteiger partial charge < -0.3 is 9.64 Å². The van der Waals surface area contributed by atoms with Gasteiger partial charge in [0.2, 0.25) is 10.0 Å². The van der Waals surface area contributed by atoms with Gasteiger partial charge in [-0.25, -0.2) is 32.5 Å². The standard InChI is InChI=1S/C33H43N7O4S/c1-21-9-11-25(12-10-21)40-19-24(17-36-40)28-20-39(32(41)44-33(3,4)5)31-30(28)37-29(18-35-31)23-14-26(38-13-7-8-22(38)2)16-27(15-23)45(42,43)34-6/h14-22,25,34H,7-13H2,1-6H3/t21?,22-,25?/m1/s1. The Hall–Kier alpha value is -3.77. The van der Waals surface area contributed by atoms with E-state index in [1.165, 1.54) is 24.5 Å². The second kappa shape index (κ2) is 11.9. The minimum Gasteiger partial charge on any atom is -0.443 e. The van der Waals surface area contributed by atoms with Crippen molar-refractivity contribution in [2.24, 2.45) is 5.92 Å². The summed E-state index contributed by atoms with van der Waals surface area (Å²) in [4.78, 5) is 25.5. The number of sulfonamides is 1. The van der Waals surface area contributed by atoms with Gasteiger partial charge in [0.15, 0.2) is 5.65 Å². The number of carbonyl (C=O) groups is 1. The lowest BCUT2D eigenvalue weighted by atomic mass is 9.87. The predicted octanol–water partition coefficient (Wildman–Crippen LogP) is 6.39. The van der Waals surface area contributed by atoms with Crippen LogP contribution in [0.15, 0.2) is 47.9 Å². The summed E-state index contributed by atoms with van der Waals surface area (Å²) >= 11 is 0. The molecule has 45 heavy (non-hydrogen) atoms. The fourth-order valence-corrected chi connectivity index (χ4v) is 7.26. The lowest BCUT2D eigenvalue weighted by Gasteiger charge is -2.26. The molecule has 1 atom stereocenters. The summed E-state index contributed by atoms with van der Waals surface area (Å²) in [5.41, 5.74) is 3.63. The van der Waals surface area contributed by atoms with Gasteiger partial charge in [-0.2, -0.15) is 5.10 Å². The van der Waals surface area contributed by atoms with Crippen LogP contribution in [0.5, 0.6) is 0 Å². The van der Waals surface area contributed by atoms with Gasteiger partial charge in [0.25, 0.3) is 0 Å². The summed E-state index contributed by atoms with van der Waals surface area (Å²) in [6, 6.07) is 5.93. The first-order valence-electron chi connectivity index (χ1n) is 15.8. The molecule has 1 N–H and O–H groups in total. The Labute approximate surface area is 265 Å². The van der Waals surface area contributed by atoms with Crippen molar-refractivity contribution in [3.8, 4) is 22.4 Å². The summed E-state index contributed by atoms with van der Waals surface area (Å²) in [7, 11) is -2.32. The predicted molar refractivity (Wildman–Crippen MR) is 175 cm³/mol. The minimum absolute atomic E-state index is 0.160. The molecule has 1 aliphatic carbocycles. The molecule has 0 amide bonds. The molecular weight excluding hydrogens is 590 g/mol. The number of nitrogens with zero attached hydrogens (tertiary/aromatic N) is 6. The third-order valence-corrected chi connectivity index (χ3v) is 10.4. The van der Waals surface area contributed by atoms with Crippen LogP contribution in [-0.2, 0) is 14.8 Å². The molecule has 1 saturated heterocycles. The number of rotatable bonds is 6. The summed E-state index contributed by atoms with van der Waals surface area (Å²) in [6.07, 6.45) is 13.2. The molecule has 1 aromatic carbocycles. The van der Waals surface area contributed by atoms with E-state index in [0.29, 0.717) is 34.0 Å². The summed E-state index contributed by atoms with van der Waals surface area (Å²) < 4.78 is 37.6. The van der Waals surface area contributed by atoms with Crippen LogP contribution in [0.4, 0.5) is 10.5 Å². The molecule has 1 saturated carbocycles. The molecule has 2 aliphatic rings. The minimum atomic E-state index is -3.73. The average molecular weight is 634 g/mol. The van der Waals surface area contributed by atoms with Crippen LogP contribution >= 0.6 is 0 Å². The molecule has 0 unspecified atom stereocenters. The zero-order valence-electron chi connectivity index (χ0n) is 26.9. The van der Waals surface area contributed by atoms with Crippen LogP contribution in [0.1, 0.15) is 79.2 Å². The van der Waals surface area contributed by atoms with Gasteiger partial charge in [-0.05, 0) is 97.4 Å². The zero-order valence-corrected chi connectivity index (χ0v) is 27.8. The van der Waals surface area contributed by atoms with Crippen LogP contribution < -0.4 is 9.62 Å². The van der Waals surface area contributed by atoms with Gasteiger partial charge in [0, 0.05) is 47.4 Å². The Kier molecular flexibility index (Phi) is 8.23. The molecule has 240 valence electrons. The molecule has 4 heterocycles. The van der Waals surface area contributed by atoms with Gasteiger partial charge in [-0.15, -0.1) is 0 Å². The summed E-state index contributed by atoms with van der Waals surface area (Å²) in [5.74, 6) is 0.729. The number of ether oxygens (including phenoxy) is 1. The third kappa shape index (κ3) is 6.35. The summed E-state index contributed by atoms with van der Waals surface area (Å²) in [6.45, 7) is 10.8. The highest BCUT2D eigenvalue weighted by molar-refractivity contribution is 7.89. The first-order chi connectivity index (χ1) is 21.3. The zero-order chi connectivity index (χ0) is 32.1. The maximum atomic E-state index is 13.3. The number of fused-ring (bicyclic) bond motifs is 1. The van der Waals surface area contributed by atoms with Crippen LogP contribution in [0.2, 0.25) is 0 Å². The first-order valence-corrected chi connectivity index (χ1v) is 17.3. The Bertz CT molecular complexity index is 1830. The Morgan fingerprint density at radius 1 is 1.00 bits per heavy atom. The number of nitrogens with one attached hydrogen (secondary N) is 1. The summed E-state index contributed by atoms with van der Waals surface area (Å²) in [5, 5.41) is 4.72. The number of anilines is 1. The van der Waals surface area contributed by atoms with Crippen molar-refractivity contribution in [3.63, 3.8) is 0 Å². The number of benzene rings is 1. The SMILES string of the molecule is CNS(=O)(=O)c1cc(-c2cnc3c(n2)c(-c2cnn(C4CCC(C)CC4)c2)cn3C(=O)OC(C)(C)C)cc(N2CCC[C@H]2C)c1. The molecule has 1 aliphatic heterocycles. The van der Waals surface area contributed by atoms with E-state index in [-0.39, 0.29) is 10.9 Å². The maximum absolute atomic E-state index is 13.3. The number of carbonyl (C=O) groups excluding carboxylic acids is 1. The normalized spacial score (nSPS) is 21.0. The maximum Gasteiger partial charge on any atom is 0.420 e. The number of hydrogen-bond donors (Lipinski definition) is 1. The van der Waals surface area contributed by atoms with E-state index in [1.807, 2.05) is 43.9 Å². The molecule has 0 bridgehead atoms. The molecule has 0 spiro atoms. The highest BCUT2D eigenvalue weighted by atomic mass is 32.2. The van der Waals surface area contributed by atoms with E-state index in [2.05, 4.69) is 23.5 Å². The molecule has 0 radical (unpaired) electrons. The molecular formula is C33H43N7O4S. The smallest absolute Gasteiger partial charge is 0.420 e. The van der Waals surface area contributed by atoms with Crippen molar-refractivity contribution in [2.75, 3.05) is 18.5 Å². The fourth-order valence-electron chi connectivity index (χ4n) is 6.46. The van der Waals surface area contributed by atoms with Crippen molar-refractivity contribution in [3.05, 3.63) is 43.0 Å². The lowest BCUT2D eigenvalue weighted by molar-refractivity contribution is 0.0543. The van der Waals surface area contributed by atoms with Crippen molar-refractivity contribution in [2.45, 2.75) is 95.7 Å². The first kappa shape index (κ1) is 31.2. The Morgan fingerprint density at radius 3 is 2.42 bits per heavy atom. The Morgan fingerprint density at radius 2 is 1.76 bits per heavy atom. The molecule has 2 fully saturated rings. The molecule has 3 aromatic heterocycles. The van der Waals surface area contributed by atoms with Crippen molar-refractivity contribution in [1.29, 1.82) is 0 Å². The number of hydrogen-bond acceptors (Lipinski definition) is 8. The van der Waals surface area contributed by atoms with Crippen molar-refractivity contribution in [1.82, 2.24) is 29.0 Å². The van der Waals surface area contributed by atoms with Gasteiger partial charge in [0.05, 0.1) is 29.0 Å². The van der Waals surface area contributed by atoms with Crippen LogP contribution in [0.3, 0.4) is 0 Å². The van der Waals surface area contributed by atoms with E-state index in [4.69, 9.17) is 19.8 Å². The van der Waals surface area contributed by atoms with Crippen LogP contribution in [0.25, 0.3) is 33.5 Å². The fraction of sp³-hybridized carbons (Fsp3) is 0.515. The largest absolute Gasteiger partial charge is 0.443 e. The van der Waals surface area contributed by atoms with E-state index in [0.717, 1.165) is 49.4 Å². The third-order valence-electron chi connectivity index (χ3n) is 9.01. The molecule has 4 aromatic rings. The average Bonchev–Trinajstić information content (AvgIpc) is 3.74. The van der Waals surface area contributed by atoms with E-state index in [1.54, 1.807) is 24.5 Å². The van der Waals surface area contributed by atoms with Gasteiger partial charge in [-0.1, -0.05) is 6.92 Å². The van der Waals surface area contributed by atoms with Gasteiger partial charge in [-0.3, -0.25) is 4.68 Å². The second-order valence-corrected chi connectivity index (χ2v) is 15.4. The highest BCUT2D eigenvalue weighted by Gasteiger charge is 2.27. The highest BCUT2D eigenvalue weighted by Crippen LogP contribution is 2.36.